The molecule has 1 aliphatic heterocycles. The topological polar surface area (TPSA) is 28.2 Å². The Kier molecular flexibility index (Phi) is 3.70. The standard InChI is InChI=1S/C17H21N3/c1-3-18-10-14-8-9-17(19-13(14)2)20-11-15-6-4-5-7-16(15)12-20/h4-9,18H,3,10-12H2,1-2H3. The van der Waals surface area contributed by atoms with Crippen molar-refractivity contribution in [1.82, 2.24) is 10.3 Å². The number of fused-ring (bicyclic) bond motifs is 1. The van der Waals surface area contributed by atoms with Crippen LogP contribution in [0.2, 0.25) is 0 Å². The lowest BCUT2D eigenvalue weighted by molar-refractivity contribution is 0.718. The summed E-state index contributed by atoms with van der Waals surface area (Å²) in [6, 6.07) is 13.0. The summed E-state index contributed by atoms with van der Waals surface area (Å²) in [5.41, 5.74) is 5.25. The Hall–Kier alpha value is -1.87. The third-order valence-corrected chi connectivity index (χ3v) is 3.91. The van der Waals surface area contributed by atoms with Gasteiger partial charge in [-0.3, -0.25) is 0 Å². The molecule has 1 aliphatic rings. The van der Waals surface area contributed by atoms with Gasteiger partial charge in [0.05, 0.1) is 0 Å². The molecule has 1 aromatic heterocycles. The number of aromatic nitrogens is 1. The van der Waals surface area contributed by atoms with Crippen molar-refractivity contribution in [3.05, 3.63) is 58.8 Å². The van der Waals surface area contributed by atoms with Crippen molar-refractivity contribution < 1.29 is 0 Å². The number of hydrogen-bond donors (Lipinski definition) is 1. The highest BCUT2D eigenvalue weighted by Crippen LogP contribution is 2.27. The van der Waals surface area contributed by atoms with Crippen LogP contribution < -0.4 is 10.2 Å². The molecule has 2 aromatic rings. The van der Waals surface area contributed by atoms with E-state index >= 15 is 0 Å². The lowest BCUT2D eigenvalue weighted by atomic mass is 10.1. The molecule has 0 radical (unpaired) electrons. The minimum absolute atomic E-state index is 0.899. The summed E-state index contributed by atoms with van der Waals surface area (Å²) < 4.78 is 0. The van der Waals surface area contributed by atoms with E-state index in [4.69, 9.17) is 4.98 Å². The van der Waals surface area contributed by atoms with Crippen LogP contribution in [0.25, 0.3) is 0 Å². The fourth-order valence-corrected chi connectivity index (χ4v) is 2.69. The molecule has 0 atom stereocenters. The molecule has 1 N–H and O–H groups in total. The van der Waals surface area contributed by atoms with E-state index in [1.165, 1.54) is 16.7 Å². The molecule has 3 nitrogen and oxygen atoms in total. The van der Waals surface area contributed by atoms with Crippen LogP contribution in [-0.2, 0) is 19.6 Å². The Morgan fingerprint density at radius 2 is 1.80 bits per heavy atom. The van der Waals surface area contributed by atoms with Crippen molar-refractivity contribution in [2.75, 3.05) is 11.4 Å². The van der Waals surface area contributed by atoms with E-state index in [9.17, 15) is 0 Å². The normalized spacial score (nSPS) is 13.6. The molecular weight excluding hydrogens is 246 g/mol. The van der Waals surface area contributed by atoms with E-state index < -0.39 is 0 Å². The summed E-state index contributed by atoms with van der Waals surface area (Å²) in [5, 5.41) is 3.35. The number of pyridine rings is 1. The fourth-order valence-electron chi connectivity index (χ4n) is 2.69. The molecule has 0 unspecified atom stereocenters. The summed E-state index contributed by atoms with van der Waals surface area (Å²) in [6.45, 7) is 8.04. The summed E-state index contributed by atoms with van der Waals surface area (Å²) in [7, 11) is 0. The summed E-state index contributed by atoms with van der Waals surface area (Å²) in [5.74, 6) is 1.08. The number of aryl methyl sites for hydroxylation is 1. The van der Waals surface area contributed by atoms with E-state index in [1.807, 2.05) is 0 Å². The predicted molar refractivity (Wildman–Crippen MR) is 82.7 cm³/mol. The number of rotatable bonds is 4. The zero-order valence-electron chi connectivity index (χ0n) is 12.2. The quantitative estimate of drug-likeness (QED) is 0.923. The van der Waals surface area contributed by atoms with Gasteiger partial charge in [-0.15, -0.1) is 0 Å². The number of nitrogens with one attached hydrogen (secondary N) is 1. The van der Waals surface area contributed by atoms with Crippen molar-refractivity contribution in [3.8, 4) is 0 Å². The van der Waals surface area contributed by atoms with Crippen LogP contribution in [0.15, 0.2) is 36.4 Å². The molecule has 0 bridgehead atoms. The first kappa shape index (κ1) is 13.1. The zero-order chi connectivity index (χ0) is 13.9. The van der Waals surface area contributed by atoms with Gasteiger partial charge in [-0.1, -0.05) is 37.3 Å². The minimum atomic E-state index is 0.899. The van der Waals surface area contributed by atoms with E-state index in [0.717, 1.165) is 37.7 Å². The van der Waals surface area contributed by atoms with Crippen LogP contribution in [0.5, 0.6) is 0 Å². The van der Waals surface area contributed by atoms with Crippen LogP contribution in [0.1, 0.15) is 29.3 Å². The molecule has 104 valence electrons. The first-order chi connectivity index (χ1) is 9.78. The van der Waals surface area contributed by atoms with E-state index in [2.05, 4.69) is 60.5 Å². The Balaban J connectivity index is 1.78. The van der Waals surface area contributed by atoms with Crippen LogP contribution in [0, 0.1) is 6.92 Å². The van der Waals surface area contributed by atoms with Gasteiger partial charge in [0.2, 0.25) is 0 Å². The van der Waals surface area contributed by atoms with Gasteiger partial charge in [0.1, 0.15) is 5.82 Å². The number of benzene rings is 1. The van der Waals surface area contributed by atoms with Crippen molar-refractivity contribution in [2.24, 2.45) is 0 Å². The Labute approximate surface area is 120 Å². The van der Waals surface area contributed by atoms with Gasteiger partial charge in [0.15, 0.2) is 0 Å². The second-order valence-corrected chi connectivity index (χ2v) is 5.32. The molecule has 0 fully saturated rings. The van der Waals surface area contributed by atoms with Gasteiger partial charge in [-0.25, -0.2) is 4.98 Å². The van der Waals surface area contributed by atoms with Gasteiger partial charge < -0.3 is 10.2 Å². The molecule has 0 spiro atoms. The second kappa shape index (κ2) is 5.63. The van der Waals surface area contributed by atoms with E-state index in [-0.39, 0.29) is 0 Å². The molecule has 0 saturated carbocycles. The highest BCUT2D eigenvalue weighted by molar-refractivity contribution is 5.48. The Bertz CT molecular complexity index is 582. The molecular formula is C17H21N3. The van der Waals surface area contributed by atoms with Crippen molar-refractivity contribution in [1.29, 1.82) is 0 Å². The number of anilines is 1. The lowest BCUT2D eigenvalue weighted by Gasteiger charge is -2.18. The lowest BCUT2D eigenvalue weighted by Crippen LogP contribution is -2.18. The third-order valence-electron chi connectivity index (χ3n) is 3.91. The summed E-state index contributed by atoms with van der Waals surface area (Å²) >= 11 is 0. The third kappa shape index (κ3) is 2.54. The maximum Gasteiger partial charge on any atom is 0.129 e. The first-order valence-electron chi connectivity index (χ1n) is 7.27. The first-order valence-corrected chi connectivity index (χ1v) is 7.27. The van der Waals surface area contributed by atoms with E-state index in [0.29, 0.717) is 0 Å². The van der Waals surface area contributed by atoms with E-state index in [1.54, 1.807) is 0 Å². The van der Waals surface area contributed by atoms with Crippen LogP contribution in [0.3, 0.4) is 0 Å². The molecule has 3 heteroatoms. The van der Waals surface area contributed by atoms with Gasteiger partial charge in [0.25, 0.3) is 0 Å². The SMILES string of the molecule is CCNCc1ccc(N2Cc3ccccc3C2)nc1C. The maximum atomic E-state index is 4.78. The monoisotopic (exact) mass is 267 g/mol. The molecule has 0 amide bonds. The summed E-state index contributed by atoms with van der Waals surface area (Å²) in [6.07, 6.45) is 0. The predicted octanol–water partition coefficient (Wildman–Crippen LogP) is 3.02. The molecule has 3 rings (SSSR count). The molecule has 0 saturated heterocycles. The molecule has 20 heavy (non-hydrogen) atoms. The molecule has 2 heterocycles. The highest BCUT2D eigenvalue weighted by Gasteiger charge is 2.19. The zero-order valence-corrected chi connectivity index (χ0v) is 12.2. The van der Waals surface area contributed by atoms with Gasteiger partial charge >= 0.3 is 0 Å². The summed E-state index contributed by atoms with van der Waals surface area (Å²) in [4.78, 5) is 7.12. The number of hydrogen-bond acceptors (Lipinski definition) is 3. The number of nitrogens with zero attached hydrogens (tertiary/aromatic N) is 2. The molecule has 1 aromatic carbocycles. The second-order valence-electron chi connectivity index (χ2n) is 5.32. The van der Waals surface area contributed by atoms with Crippen molar-refractivity contribution in [3.63, 3.8) is 0 Å². The molecule has 0 aliphatic carbocycles. The average Bonchev–Trinajstić information content (AvgIpc) is 2.90. The maximum absolute atomic E-state index is 4.78. The average molecular weight is 267 g/mol. The van der Waals surface area contributed by atoms with Crippen molar-refractivity contribution >= 4 is 5.82 Å². The Morgan fingerprint density at radius 1 is 1.10 bits per heavy atom. The van der Waals surface area contributed by atoms with Gasteiger partial charge in [0, 0.05) is 25.3 Å². The highest BCUT2D eigenvalue weighted by atomic mass is 15.2. The van der Waals surface area contributed by atoms with Crippen molar-refractivity contribution in [2.45, 2.75) is 33.5 Å². The minimum Gasteiger partial charge on any atom is -0.348 e. The van der Waals surface area contributed by atoms with Gasteiger partial charge in [-0.05, 0) is 36.2 Å². The van der Waals surface area contributed by atoms with Gasteiger partial charge in [-0.2, -0.15) is 0 Å². The smallest absolute Gasteiger partial charge is 0.129 e. The largest absolute Gasteiger partial charge is 0.348 e. The van der Waals surface area contributed by atoms with Crippen LogP contribution in [-0.4, -0.2) is 11.5 Å². The Morgan fingerprint density at radius 3 is 2.40 bits per heavy atom. The van der Waals surface area contributed by atoms with Crippen LogP contribution in [0.4, 0.5) is 5.82 Å². The fraction of sp³-hybridized carbons (Fsp3) is 0.353. The van der Waals surface area contributed by atoms with Crippen LogP contribution >= 0.6 is 0 Å².